The second-order valence-corrected chi connectivity index (χ2v) is 4.38. The zero-order chi connectivity index (χ0) is 9.84. The van der Waals surface area contributed by atoms with Crippen LogP contribution < -0.4 is 0 Å². The lowest BCUT2D eigenvalue weighted by molar-refractivity contribution is 0.102. The monoisotopic (exact) mass is 198 g/mol. The van der Waals surface area contributed by atoms with Crippen molar-refractivity contribution in [2.75, 3.05) is 0 Å². The third kappa shape index (κ3) is 3.28. The molecule has 0 amide bonds. The molecule has 0 aliphatic rings. The first kappa shape index (κ1) is 10.4. The van der Waals surface area contributed by atoms with Crippen LogP contribution in [0, 0.1) is 0 Å². The van der Waals surface area contributed by atoms with Crippen molar-refractivity contribution >= 4 is 17.1 Å². The Morgan fingerprint density at radius 1 is 1.62 bits per heavy atom. The molecular weight excluding hydrogens is 184 g/mol. The number of ketones is 1. The fourth-order valence-electron chi connectivity index (χ4n) is 1.05. The van der Waals surface area contributed by atoms with Crippen LogP contribution in [0.1, 0.15) is 34.8 Å². The second kappa shape index (κ2) is 4.53. The van der Waals surface area contributed by atoms with E-state index < -0.39 is 0 Å². The van der Waals surface area contributed by atoms with E-state index in [0.29, 0.717) is 0 Å². The fraction of sp³-hybridized carbons (Fsp3) is 0.500. The maximum Gasteiger partial charge on any atom is 0.169 e. The van der Waals surface area contributed by atoms with Crippen LogP contribution in [-0.2, 0) is 6.42 Å². The summed E-state index contributed by atoms with van der Waals surface area (Å²) < 4.78 is 0. The predicted molar refractivity (Wildman–Crippen MR) is 54.3 cm³/mol. The molecule has 0 bridgehead atoms. The first-order valence-electron chi connectivity index (χ1n) is 4.37. The predicted octanol–water partition coefficient (Wildman–Crippen LogP) is 2.26. The van der Waals surface area contributed by atoms with E-state index in [2.05, 4.69) is 0 Å². The van der Waals surface area contributed by atoms with Crippen molar-refractivity contribution in [2.24, 2.45) is 0 Å². The minimum absolute atomic E-state index is 0.119. The Hall–Kier alpha value is -0.670. The molecule has 1 N–H and O–H groups in total. The number of aliphatic hydroxyl groups is 1. The molecule has 1 rings (SSSR count). The lowest BCUT2D eigenvalue weighted by Crippen LogP contribution is -2.00. The topological polar surface area (TPSA) is 37.3 Å². The van der Waals surface area contributed by atoms with E-state index in [1.165, 1.54) is 16.2 Å². The smallest absolute Gasteiger partial charge is 0.169 e. The molecule has 0 saturated carbocycles. The number of carbonyl (C=O) groups is 1. The Morgan fingerprint density at radius 2 is 2.31 bits per heavy atom. The van der Waals surface area contributed by atoms with Gasteiger partial charge in [-0.3, -0.25) is 4.79 Å². The molecule has 0 spiro atoms. The molecular formula is C10H14O2S. The van der Waals surface area contributed by atoms with Crippen LogP contribution >= 0.6 is 11.3 Å². The molecule has 0 radical (unpaired) electrons. The van der Waals surface area contributed by atoms with Gasteiger partial charge in [0.1, 0.15) is 0 Å². The van der Waals surface area contributed by atoms with Crippen molar-refractivity contribution < 1.29 is 9.90 Å². The quantitative estimate of drug-likeness (QED) is 0.753. The van der Waals surface area contributed by atoms with Crippen molar-refractivity contribution in [3.05, 3.63) is 21.9 Å². The van der Waals surface area contributed by atoms with Crippen molar-refractivity contribution in [2.45, 2.75) is 32.8 Å². The maximum atomic E-state index is 11.0. The number of hydrogen-bond donors (Lipinski definition) is 1. The average Bonchev–Trinajstić information content (AvgIpc) is 2.48. The van der Waals surface area contributed by atoms with Crippen LogP contribution in [0.3, 0.4) is 0 Å². The minimum Gasteiger partial charge on any atom is -0.393 e. The number of aliphatic hydroxyl groups excluding tert-OH is 1. The molecule has 0 aliphatic carbocycles. The van der Waals surface area contributed by atoms with Gasteiger partial charge in [0.2, 0.25) is 0 Å². The molecule has 1 atom stereocenters. The lowest BCUT2D eigenvalue weighted by atomic mass is 10.2. The number of aryl methyl sites for hydroxylation is 1. The third-order valence-electron chi connectivity index (χ3n) is 1.82. The molecule has 0 saturated heterocycles. The van der Waals surface area contributed by atoms with Crippen LogP contribution in [0.4, 0.5) is 0 Å². The summed E-state index contributed by atoms with van der Waals surface area (Å²) >= 11 is 1.52. The Balaban J connectivity index is 2.54. The number of carbonyl (C=O) groups excluding carboxylic acids is 1. The molecule has 2 nitrogen and oxygen atoms in total. The number of hydrogen-bond acceptors (Lipinski definition) is 3. The van der Waals surface area contributed by atoms with Crippen LogP contribution in [0.25, 0.3) is 0 Å². The summed E-state index contributed by atoms with van der Waals surface area (Å²) in [6.45, 7) is 3.35. The molecule has 0 aliphatic heterocycles. The van der Waals surface area contributed by atoms with E-state index in [9.17, 15) is 4.79 Å². The van der Waals surface area contributed by atoms with Gasteiger partial charge in [-0.15, -0.1) is 11.3 Å². The Morgan fingerprint density at radius 3 is 2.77 bits per heavy atom. The van der Waals surface area contributed by atoms with Crippen molar-refractivity contribution in [1.29, 1.82) is 0 Å². The van der Waals surface area contributed by atoms with Gasteiger partial charge in [-0.25, -0.2) is 0 Å². The average molecular weight is 198 g/mol. The van der Waals surface area contributed by atoms with Crippen LogP contribution in [0.2, 0.25) is 0 Å². The van der Waals surface area contributed by atoms with Gasteiger partial charge in [-0.05, 0) is 38.8 Å². The van der Waals surface area contributed by atoms with Gasteiger partial charge in [0.15, 0.2) is 5.78 Å². The normalized spacial score (nSPS) is 12.8. The maximum absolute atomic E-state index is 11.0. The second-order valence-electron chi connectivity index (χ2n) is 3.21. The van der Waals surface area contributed by atoms with Crippen LogP contribution in [-0.4, -0.2) is 17.0 Å². The van der Waals surface area contributed by atoms with E-state index in [1.54, 1.807) is 13.8 Å². The van der Waals surface area contributed by atoms with Gasteiger partial charge in [-0.2, -0.15) is 0 Å². The van der Waals surface area contributed by atoms with Gasteiger partial charge >= 0.3 is 0 Å². The van der Waals surface area contributed by atoms with Gasteiger partial charge in [-0.1, -0.05) is 0 Å². The molecule has 1 unspecified atom stereocenters. The minimum atomic E-state index is -0.261. The van der Waals surface area contributed by atoms with E-state index in [1.807, 2.05) is 12.1 Å². The number of thiophene rings is 1. The Bertz CT molecular complexity index is 289. The largest absolute Gasteiger partial charge is 0.393 e. The summed E-state index contributed by atoms with van der Waals surface area (Å²) in [4.78, 5) is 12.9. The fourth-order valence-corrected chi connectivity index (χ4v) is 1.97. The zero-order valence-corrected chi connectivity index (χ0v) is 8.73. The highest BCUT2D eigenvalue weighted by molar-refractivity contribution is 7.14. The van der Waals surface area contributed by atoms with E-state index in [0.717, 1.165) is 17.7 Å². The highest BCUT2D eigenvalue weighted by atomic mass is 32.1. The van der Waals surface area contributed by atoms with Gasteiger partial charge in [0, 0.05) is 4.88 Å². The van der Waals surface area contributed by atoms with E-state index in [4.69, 9.17) is 5.11 Å². The highest BCUT2D eigenvalue weighted by Gasteiger charge is 2.04. The summed E-state index contributed by atoms with van der Waals surface area (Å²) in [6, 6.07) is 3.81. The molecule has 1 heterocycles. The van der Waals surface area contributed by atoms with E-state index >= 15 is 0 Å². The van der Waals surface area contributed by atoms with E-state index in [-0.39, 0.29) is 11.9 Å². The SMILES string of the molecule is CC(=O)c1ccc(CCC(C)O)s1. The van der Waals surface area contributed by atoms with Crippen molar-refractivity contribution in [1.82, 2.24) is 0 Å². The lowest BCUT2D eigenvalue weighted by Gasteiger charge is -2.00. The molecule has 13 heavy (non-hydrogen) atoms. The summed E-state index contributed by atoms with van der Waals surface area (Å²) in [5.41, 5.74) is 0. The first-order valence-corrected chi connectivity index (χ1v) is 5.19. The third-order valence-corrected chi connectivity index (χ3v) is 3.06. The molecule has 72 valence electrons. The molecule has 3 heteroatoms. The number of Topliss-reactive ketones (excluding diaryl/α,β-unsaturated/α-hetero) is 1. The van der Waals surface area contributed by atoms with Crippen LogP contribution in [0.15, 0.2) is 12.1 Å². The Kier molecular flexibility index (Phi) is 3.63. The van der Waals surface area contributed by atoms with Crippen LogP contribution in [0.5, 0.6) is 0 Å². The summed E-state index contributed by atoms with van der Waals surface area (Å²) in [5.74, 6) is 0.119. The van der Waals surface area contributed by atoms with Crippen molar-refractivity contribution in [3.8, 4) is 0 Å². The van der Waals surface area contributed by atoms with Gasteiger partial charge < -0.3 is 5.11 Å². The standard InChI is InChI=1S/C10H14O2S/c1-7(11)3-4-9-5-6-10(13-9)8(2)12/h5-7,11H,3-4H2,1-2H3. The molecule has 0 fully saturated rings. The van der Waals surface area contributed by atoms with Gasteiger partial charge in [0.05, 0.1) is 11.0 Å². The Labute approximate surface area is 82.2 Å². The van der Waals surface area contributed by atoms with Gasteiger partial charge in [0.25, 0.3) is 0 Å². The van der Waals surface area contributed by atoms with Crippen molar-refractivity contribution in [3.63, 3.8) is 0 Å². The highest BCUT2D eigenvalue weighted by Crippen LogP contribution is 2.18. The first-order chi connectivity index (χ1) is 6.09. The summed E-state index contributed by atoms with van der Waals surface area (Å²) in [6.07, 6.45) is 1.36. The summed E-state index contributed by atoms with van der Waals surface area (Å²) in [7, 11) is 0. The molecule has 0 aromatic carbocycles. The summed E-state index contributed by atoms with van der Waals surface area (Å²) in [5, 5.41) is 9.07. The molecule has 1 aromatic heterocycles. The molecule has 1 aromatic rings. The number of rotatable bonds is 4. The zero-order valence-electron chi connectivity index (χ0n) is 7.91.